The van der Waals surface area contributed by atoms with Crippen molar-refractivity contribution < 1.29 is 22.7 Å². The minimum absolute atomic E-state index is 0.215. The van der Waals surface area contributed by atoms with Gasteiger partial charge in [-0.2, -0.15) is 0 Å². The van der Waals surface area contributed by atoms with Gasteiger partial charge in [-0.3, -0.25) is 9.10 Å². The first-order chi connectivity index (χ1) is 14.1. The molecule has 0 heterocycles. The van der Waals surface area contributed by atoms with Crippen molar-refractivity contribution in [2.75, 3.05) is 24.8 Å². The molecule has 0 saturated heterocycles. The average Bonchev–Trinajstić information content (AvgIpc) is 2.71. The molecule has 0 unspecified atom stereocenters. The lowest BCUT2D eigenvalue weighted by Gasteiger charge is -2.30. The number of ether oxygens (including phenoxy) is 2. The summed E-state index contributed by atoms with van der Waals surface area (Å²) in [6.07, 6.45) is 1.75. The van der Waals surface area contributed by atoms with E-state index in [1.165, 1.54) is 14.2 Å². The molecule has 0 aliphatic heterocycles. The topological polar surface area (TPSA) is 84.9 Å². The van der Waals surface area contributed by atoms with Crippen molar-refractivity contribution in [3.63, 3.8) is 0 Å². The Balaban J connectivity index is 2.33. The Hall–Kier alpha value is -2.74. The van der Waals surface area contributed by atoms with Gasteiger partial charge >= 0.3 is 0 Å². The van der Waals surface area contributed by atoms with Gasteiger partial charge in [0.25, 0.3) is 0 Å². The van der Waals surface area contributed by atoms with Crippen molar-refractivity contribution in [2.24, 2.45) is 0 Å². The number of nitrogens with zero attached hydrogens (tertiary/aromatic N) is 1. The Morgan fingerprint density at radius 2 is 1.67 bits per heavy atom. The van der Waals surface area contributed by atoms with Gasteiger partial charge in [-0.25, -0.2) is 8.42 Å². The smallest absolute Gasteiger partial charge is 0.244 e. The SMILES string of the molecule is CC[C@@H](NC(=O)[C@@H](C)N(c1ccc(OC)c(OC)c1)S(C)(=O)=O)c1ccc(C)cc1. The van der Waals surface area contributed by atoms with Crippen molar-refractivity contribution in [1.82, 2.24) is 5.32 Å². The van der Waals surface area contributed by atoms with Gasteiger partial charge in [0.05, 0.1) is 32.2 Å². The van der Waals surface area contributed by atoms with Crippen LogP contribution in [0.3, 0.4) is 0 Å². The lowest BCUT2D eigenvalue weighted by atomic mass is 10.0. The first-order valence-corrected chi connectivity index (χ1v) is 11.6. The number of carbonyl (C=O) groups excluding carboxylic acids is 1. The van der Waals surface area contributed by atoms with E-state index in [0.29, 0.717) is 23.6 Å². The summed E-state index contributed by atoms with van der Waals surface area (Å²) < 4.78 is 36.7. The number of hydrogen-bond acceptors (Lipinski definition) is 5. The Kier molecular flexibility index (Phi) is 7.72. The summed E-state index contributed by atoms with van der Waals surface area (Å²) in [6, 6.07) is 11.5. The molecule has 0 aliphatic rings. The molecule has 2 atom stereocenters. The van der Waals surface area contributed by atoms with Crippen LogP contribution in [0.25, 0.3) is 0 Å². The van der Waals surface area contributed by atoms with Crippen LogP contribution in [0.2, 0.25) is 0 Å². The molecule has 2 rings (SSSR count). The molecule has 0 fully saturated rings. The molecule has 0 aliphatic carbocycles. The number of sulfonamides is 1. The molecule has 7 nitrogen and oxygen atoms in total. The third-order valence-corrected chi connectivity index (χ3v) is 6.16. The average molecular weight is 435 g/mol. The monoisotopic (exact) mass is 434 g/mol. The summed E-state index contributed by atoms with van der Waals surface area (Å²) in [6.45, 7) is 5.53. The number of aryl methyl sites for hydroxylation is 1. The van der Waals surface area contributed by atoms with E-state index in [-0.39, 0.29) is 11.9 Å². The predicted molar refractivity (Wildman–Crippen MR) is 119 cm³/mol. The zero-order valence-corrected chi connectivity index (χ0v) is 19.1. The second kappa shape index (κ2) is 9.84. The van der Waals surface area contributed by atoms with Crippen LogP contribution in [-0.2, 0) is 14.8 Å². The Bertz CT molecular complexity index is 974. The standard InChI is InChI=1S/C22H30N2O5S/c1-7-19(17-10-8-15(2)9-11-17)23-22(25)16(3)24(30(6,26)27)18-12-13-20(28-4)21(14-18)29-5/h8-14,16,19H,7H2,1-6H3,(H,23,25)/t16-,19-/m1/s1. The number of amides is 1. The molecule has 164 valence electrons. The highest BCUT2D eigenvalue weighted by Gasteiger charge is 2.31. The molecular weight excluding hydrogens is 404 g/mol. The van der Waals surface area contributed by atoms with Gasteiger partial charge in [0.15, 0.2) is 11.5 Å². The van der Waals surface area contributed by atoms with Gasteiger partial charge < -0.3 is 14.8 Å². The van der Waals surface area contributed by atoms with Crippen LogP contribution < -0.4 is 19.1 Å². The molecule has 1 amide bonds. The van der Waals surface area contributed by atoms with Gasteiger partial charge in [0.2, 0.25) is 15.9 Å². The van der Waals surface area contributed by atoms with Gasteiger partial charge in [0, 0.05) is 6.07 Å². The summed E-state index contributed by atoms with van der Waals surface area (Å²) >= 11 is 0. The van der Waals surface area contributed by atoms with E-state index in [9.17, 15) is 13.2 Å². The molecule has 30 heavy (non-hydrogen) atoms. The van der Waals surface area contributed by atoms with E-state index in [0.717, 1.165) is 21.7 Å². The third-order valence-electron chi connectivity index (χ3n) is 4.91. The molecule has 0 saturated carbocycles. The van der Waals surface area contributed by atoms with Crippen molar-refractivity contribution >= 4 is 21.6 Å². The number of rotatable bonds is 9. The highest BCUT2D eigenvalue weighted by atomic mass is 32.2. The molecule has 2 aromatic carbocycles. The van der Waals surface area contributed by atoms with Gasteiger partial charge in [-0.1, -0.05) is 36.8 Å². The second-order valence-corrected chi connectivity index (χ2v) is 9.01. The van der Waals surface area contributed by atoms with Crippen molar-refractivity contribution in [3.8, 4) is 11.5 Å². The first kappa shape index (κ1) is 23.5. The van der Waals surface area contributed by atoms with Crippen molar-refractivity contribution in [1.29, 1.82) is 0 Å². The molecule has 1 N–H and O–H groups in total. The minimum Gasteiger partial charge on any atom is -0.493 e. The van der Waals surface area contributed by atoms with Crippen LogP contribution in [0.15, 0.2) is 42.5 Å². The minimum atomic E-state index is -3.74. The Morgan fingerprint density at radius 1 is 1.07 bits per heavy atom. The Labute approximate surface area is 179 Å². The van der Waals surface area contributed by atoms with Crippen LogP contribution in [-0.4, -0.2) is 40.8 Å². The normalized spacial score (nSPS) is 13.3. The highest BCUT2D eigenvalue weighted by Crippen LogP contribution is 2.33. The van der Waals surface area contributed by atoms with E-state index in [2.05, 4.69) is 5.32 Å². The largest absolute Gasteiger partial charge is 0.493 e. The fourth-order valence-corrected chi connectivity index (χ4v) is 4.45. The lowest BCUT2D eigenvalue weighted by Crippen LogP contribution is -2.48. The van der Waals surface area contributed by atoms with Gasteiger partial charge in [0.1, 0.15) is 6.04 Å². The van der Waals surface area contributed by atoms with Crippen molar-refractivity contribution in [3.05, 3.63) is 53.6 Å². The molecule has 0 bridgehead atoms. The summed E-state index contributed by atoms with van der Waals surface area (Å²) in [7, 11) is -0.777. The van der Waals surface area contributed by atoms with Gasteiger partial charge in [-0.05, 0) is 38.0 Å². The van der Waals surface area contributed by atoms with Gasteiger partial charge in [-0.15, -0.1) is 0 Å². The van der Waals surface area contributed by atoms with Crippen molar-refractivity contribution in [2.45, 2.75) is 39.3 Å². The number of benzene rings is 2. The number of nitrogens with one attached hydrogen (secondary N) is 1. The predicted octanol–water partition coefficient (Wildman–Crippen LogP) is 3.43. The van der Waals surface area contributed by atoms with E-state index in [1.54, 1.807) is 25.1 Å². The highest BCUT2D eigenvalue weighted by molar-refractivity contribution is 7.92. The Morgan fingerprint density at radius 3 is 2.17 bits per heavy atom. The summed E-state index contributed by atoms with van der Waals surface area (Å²) in [5, 5.41) is 2.97. The molecule has 8 heteroatoms. The molecule has 0 aromatic heterocycles. The van der Waals surface area contributed by atoms with E-state index >= 15 is 0 Å². The second-order valence-electron chi connectivity index (χ2n) is 7.15. The zero-order chi connectivity index (χ0) is 22.5. The maximum Gasteiger partial charge on any atom is 0.244 e. The van der Waals surface area contributed by atoms with E-state index in [4.69, 9.17) is 9.47 Å². The van der Waals surface area contributed by atoms with Crippen LogP contribution >= 0.6 is 0 Å². The summed E-state index contributed by atoms with van der Waals surface area (Å²) in [5.41, 5.74) is 2.42. The summed E-state index contributed by atoms with van der Waals surface area (Å²) in [5.74, 6) is 0.460. The number of methoxy groups -OCH3 is 2. The molecule has 0 spiro atoms. The quantitative estimate of drug-likeness (QED) is 0.654. The zero-order valence-electron chi connectivity index (χ0n) is 18.3. The van der Waals surface area contributed by atoms with Crippen LogP contribution in [0.4, 0.5) is 5.69 Å². The van der Waals surface area contributed by atoms with E-state index in [1.807, 2.05) is 38.1 Å². The number of anilines is 1. The molecule has 2 aromatic rings. The maximum absolute atomic E-state index is 13.0. The molecule has 0 radical (unpaired) electrons. The fourth-order valence-electron chi connectivity index (χ4n) is 3.28. The van der Waals surface area contributed by atoms with Crippen LogP contribution in [0, 0.1) is 6.92 Å². The summed E-state index contributed by atoms with van der Waals surface area (Å²) in [4.78, 5) is 13.0. The number of hydrogen-bond donors (Lipinski definition) is 1. The lowest BCUT2D eigenvalue weighted by molar-refractivity contribution is -0.122. The molecular formula is C22H30N2O5S. The van der Waals surface area contributed by atoms with Crippen LogP contribution in [0.1, 0.15) is 37.4 Å². The third kappa shape index (κ3) is 5.44. The van der Waals surface area contributed by atoms with E-state index < -0.39 is 16.1 Å². The number of carbonyl (C=O) groups is 1. The first-order valence-electron chi connectivity index (χ1n) is 9.70. The fraction of sp³-hybridized carbons (Fsp3) is 0.409. The van der Waals surface area contributed by atoms with Crippen LogP contribution in [0.5, 0.6) is 11.5 Å². The maximum atomic E-state index is 13.0.